The van der Waals surface area contributed by atoms with E-state index in [9.17, 15) is 0 Å². The zero-order valence-electron chi connectivity index (χ0n) is 13.9. The van der Waals surface area contributed by atoms with Gasteiger partial charge in [0.25, 0.3) is 0 Å². The van der Waals surface area contributed by atoms with E-state index in [1.807, 2.05) is 12.1 Å². The molecular weight excluding hydrogens is 276 g/mol. The molecule has 122 valence electrons. The largest absolute Gasteiger partial charge is 0.379 e. The maximum atomic E-state index is 6.01. The highest BCUT2D eigenvalue weighted by atomic mass is 16.5. The number of rotatable bonds is 5. The molecule has 22 heavy (non-hydrogen) atoms. The van der Waals surface area contributed by atoms with Gasteiger partial charge in [0.05, 0.1) is 19.8 Å². The van der Waals surface area contributed by atoms with Crippen molar-refractivity contribution in [3.8, 4) is 0 Å². The number of hydrogen-bond acceptors (Lipinski definition) is 3. The number of nitrogens with zero attached hydrogens (tertiary/aromatic N) is 2. The normalized spacial score (nSPS) is 17.5. The van der Waals surface area contributed by atoms with Crippen LogP contribution in [0, 0.1) is 0 Å². The second kappa shape index (κ2) is 7.61. The monoisotopic (exact) mass is 304 g/mol. The third-order valence-electron chi connectivity index (χ3n) is 4.14. The SMILES string of the molecule is CCc1ccc(NC(N)=NCC(C)(C)N2CCOCC2)cc1. The minimum atomic E-state index is -0.0118. The zero-order valence-corrected chi connectivity index (χ0v) is 13.9. The number of nitrogens with one attached hydrogen (secondary N) is 1. The van der Waals surface area contributed by atoms with E-state index < -0.39 is 0 Å². The van der Waals surface area contributed by atoms with Gasteiger partial charge in [-0.25, -0.2) is 0 Å². The molecule has 0 amide bonds. The first-order valence-corrected chi connectivity index (χ1v) is 8.00. The molecule has 0 bridgehead atoms. The first-order valence-electron chi connectivity index (χ1n) is 8.00. The van der Waals surface area contributed by atoms with Crippen LogP contribution in [0.25, 0.3) is 0 Å². The lowest BCUT2D eigenvalue weighted by Crippen LogP contribution is -2.51. The number of morpholine rings is 1. The Hall–Kier alpha value is -1.59. The van der Waals surface area contributed by atoms with Gasteiger partial charge in [0.15, 0.2) is 5.96 Å². The third kappa shape index (κ3) is 4.71. The summed E-state index contributed by atoms with van der Waals surface area (Å²) in [6.07, 6.45) is 1.04. The fourth-order valence-corrected chi connectivity index (χ4v) is 2.56. The van der Waals surface area contributed by atoms with Crippen molar-refractivity contribution in [2.24, 2.45) is 10.7 Å². The molecule has 1 aliphatic heterocycles. The van der Waals surface area contributed by atoms with Crippen LogP contribution in [0.4, 0.5) is 5.69 Å². The molecule has 0 spiro atoms. The summed E-state index contributed by atoms with van der Waals surface area (Å²) in [5, 5.41) is 3.15. The molecule has 1 aromatic carbocycles. The van der Waals surface area contributed by atoms with Crippen molar-refractivity contribution in [3.05, 3.63) is 29.8 Å². The molecule has 0 aromatic heterocycles. The Morgan fingerprint density at radius 3 is 2.50 bits per heavy atom. The number of hydrogen-bond donors (Lipinski definition) is 2. The van der Waals surface area contributed by atoms with Crippen LogP contribution in [0.15, 0.2) is 29.3 Å². The number of aryl methyl sites for hydroxylation is 1. The number of nitrogens with two attached hydrogens (primary N) is 1. The molecule has 3 N–H and O–H groups in total. The van der Waals surface area contributed by atoms with Gasteiger partial charge in [-0.15, -0.1) is 0 Å². The summed E-state index contributed by atoms with van der Waals surface area (Å²) in [6.45, 7) is 10.7. The number of guanidine groups is 1. The molecule has 1 saturated heterocycles. The first-order chi connectivity index (χ1) is 10.5. The molecule has 5 heteroatoms. The second-order valence-electron chi connectivity index (χ2n) is 6.29. The number of benzene rings is 1. The van der Waals surface area contributed by atoms with Crippen LogP contribution in [0.5, 0.6) is 0 Å². The fraction of sp³-hybridized carbons (Fsp3) is 0.588. The molecule has 1 aliphatic rings. The predicted octanol–water partition coefficient (Wildman–Crippen LogP) is 2.09. The Kier molecular flexibility index (Phi) is 5.80. The zero-order chi connectivity index (χ0) is 16.0. The van der Waals surface area contributed by atoms with E-state index in [-0.39, 0.29) is 5.54 Å². The van der Waals surface area contributed by atoms with Crippen molar-refractivity contribution in [1.82, 2.24) is 4.90 Å². The molecule has 5 nitrogen and oxygen atoms in total. The molecular formula is C17H28N4O. The van der Waals surface area contributed by atoms with Gasteiger partial charge in [0.2, 0.25) is 0 Å². The van der Waals surface area contributed by atoms with E-state index >= 15 is 0 Å². The number of aliphatic imine (C=N–C) groups is 1. The van der Waals surface area contributed by atoms with Crippen molar-refractivity contribution >= 4 is 11.6 Å². The summed E-state index contributed by atoms with van der Waals surface area (Å²) < 4.78 is 5.40. The lowest BCUT2D eigenvalue weighted by atomic mass is 10.0. The van der Waals surface area contributed by atoms with Crippen LogP contribution in [0.2, 0.25) is 0 Å². The smallest absolute Gasteiger partial charge is 0.193 e. The fourth-order valence-electron chi connectivity index (χ4n) is 2.56. The molecule has 0 radical (unpaired) electrons. The van der Waals surface area contributed by atoms with Crippen LogP contribution in [-0.4, -0.2) is 49.2 Å². The molecule has 0 aliphatic carbocycles. The average molecular weight is 304 g/mol. The maximum absolute atomic E-state index is 6.01. The van der Waals surface area contributed by atoms with E-state index in [0.717, 1.165) is 38.4 Å². The van der Waals surface area contributed by atoms with E-state index in [1.54, 1.807) is 0 Å². The molecule has 1 heterocycles. The standard InChI is InChI=1S/C17H28N4O/c1-4-14-5-7-15(8-6-14)20-16(18)19-13-17(2,3)21-9-11-22-12-10-21/h5-8H,4,9-13H2,1-3H3,(H3,18,19,20). The van der Waals surface area contributed by atoms with E-state index in [4.69, 9.17) is 10.5 Å². The quantitative estimate of drug-likeness (QED) is 0.646. The third-order valence-corrected chi connectivity index (χ3v) is 4.14. The van der Waals surface area contributed by atoms with Crippen LogP contribution >= 0.6 is 0 Å². The Bertz CT molecular complexity index is 490. The summed E-state index contributed by atoms with van der Waals surface area (Å²) in [5.74, 6) is 0.464. The van der Waals surface area contributed by atoms with Crippen LogP contribution < -0.4 is 11.1 Å². The minimum absolute atomic E-state index is 0.0118. The lowest BCUT2D eigenvalue weighted by molar-refractivity contribution is -0.00680. The topological polar surface area (TPSA) is 62.9 Å². The van der Waals surface area contributed by atoms with Crippen molar-refractivity contribution in [2.45, 2.75) is 32.7 Å². The van der Waals surface area contributed by atoms with Crippen molar-refractivity contribution in [3.63, 3.8) is 0 Å². The van der Waals surface area contributed by atoms with Crippen molar-refractivity contribution in [1.29, 1.82) is 0 Å². The minimum Gasteiger partial charge on any atom is -0.379 e. The van der Waals surface area contributed by atoms with Crippen molar-refractivity contribution in [2.75, 3.05) is 38.2 Å². The number of ether oxygens (including phenoxy) is 1. The number of anilines is 1. The maximum Gasteiger partial charge on any atom is 0.193 e. The van der Waals surface area contributed by atoms with Gasteiger partial charge in [-0.3, -0.25) is 9.89 Å². The highest BCUT2D eigenvalue weighted by molar-refractivity contribution is 5.92. The summed E-state index contributed by atoms with van der Waals surface area (Å²) in [4.78, 5) is 6.92. The van der Waals surface area contributed by atoms with Gasteiger partial charge in [-0.1, -0.05) is 19.1 Å². The van der Waals surface area contributed by atoms with Gasteiger partial charge < -0.3 is 15.8 Å². The van der Waals surface area contributed by atoms with Crippen LogP contribution in [-0.2, 0) is 11.2 Å². The lowest BCUT2D eigenvalue weighted by Gasteiger charge is -2.39. The molecule has 0 saturated carbocycles. The van der Waals surface area contributed by atoms with Gasteiger partial charge in [-0.2, -0.15) is 0 Å². The van der Waals surface area contributed by atoms with Crippen molar-refractivity contribution < 1.29 is 4.74 Å². The summed E-state index contributed by atoms with van der Waals surface area (Å²) in [6, 6.07) is 8.28. The molecule has 0 unspecified atom stereocenters. The second-order valence-corrected chi connectivity index (χ2v) is 6.29. The molecule has 2 rings (SSSR count). The average Bonchev–Trinajstić information content (AvgIpc) is 2.55. The van der Waals surface area contributed by atoms with Crippen LogP contribution in [0.1, 0.15) is 26.3 Å². The van der Waals surface area contributed by atoms with Crippen LogP contribution in [0.3, 0.4) is 0 Å². The highest BCUT2D eigenvalue weighted by Crippen LogP contribution is 2.16. The van der Waals surface area contributed by atoms with Gasteiger partial charge in [0.1, 0.15) is 0 Å². The summed E-state index contributed by atoms with van der Waals surface area (Å²) in [5.41, 5.74) is 8.29. The Morgan fingerprint density at radius 2 is 1.91 bits per heavy atom. The van der Waals surface area contributed by atoms with Gasteiger partial charge >= 0.3 is 0 Å². The van der Waals surface area contributed by atoms with Gasteiger partial charge in [0, 0.05) is 24.3 Å². The van der Waals surface area contributed by atoms with Gasteiger partial charge in [-0.05, 0) is 38.0 Å². The molecule has 0 atom stereocenters. The Labute approximate surface area is 133 Å². The summed E-state index contributed by atoms with van der Waals surface area (Å²) in [7, 11) is 0. The molecule has 1 fully saturated rings. The Morgan fingerprint density at radius 1 is 1.27 bits per heavy atom. The summed E-state index contributed by atoms with van der Waals surface area (Å²) >= 11 is 0. The predicted molar refractivity (Wildman–Crippen MR) is 92.4 cm³/mol. The van der Waals surface area contributed by atoms with E-state index in [2.05, 4.69) is 48.1 Å². The Balaban J connectivity index is 1.90. The first kappa shape index (κ1) is 16.8. The highest BCUT2D eigenvalue weighted by Gasteiger charge is 2.27. The van der Waals surface area contributed by atoms with E-state index in [0.29, 0.717) is 12.5 Å². The molecule has 1 aromatic rings. The van der Waals surface area contributed by atoms with E-state index in [1.165, 1.54) is 5.56 Å².